The number of carbonyl (C=O) groups is 1. The van der Waals surface area contributed by atoms with Crippen LogP contribution in [0.3, 0.4) is 0 Å². The van der Waals surface area contributed by atoms with E-state index in [1.165, 1.54) is 62.1 Å². The molecule has 1 aliphatic carbocycles. The topological polar surface area (TPSA) is 62.8 Å². The average Bonchev–Trinajstić information content (AvgIpc) is 2.95. The molecule has 0 radical (unpaired) electrons. The molecule has 6 nitrogen and oxygen atoms in total. The second kappa shape index (κ2) is 13.0. The fourth-order valence-corrected chi connectivity index (χ4v) is 6.78. The summed E-state index contributed by atoms with van der Waals surface area (Å²) in [5, 5.41) is 6.20. The van der Waals surface area contributed by atoms with Crippen molar-refractivity contribution in [1.82, 2.24) is 10.6 Å². The summed E-state index contributed by atoms with van der Waals surface area (Å²) < 4.78 is 26.8. The molecular weight excluding hydrogens is 493 g/mol. The van der Waals surface area contributed by atoms with E-state index >= 15 is 0 Å². The molecule has 39 heavy (non-hydrogen) atoms. The number of carbonyl (C=O) groups excluding carboxylic acids is 1. The first kappa shape index (κ1) is 27.8. The smallest absolute Gasteiger partial charge is 0.207 e. The van der Waals surface area contributed by atoms with Gasteiger partial charge in [-0.25, -0.2) is 4.39 Å². The Bertz CT molecular complexity index is 1090. The van der Waals surface area contributed by atoms with E-state index in [9.17, 15) is 9.18 Å². The molecule has 1 spiro atoms. The van der Waals surface area contributed by atoms with Gasteiger partial charge in [-0.3, -0.25) is 4.79 Å². The minimum absolute atomic E-state index is 0.139. The van der Waals surface area contributed by atoms with Gasteiger partial charge in [-0.05, 0) is 80.8 Å². The maximum absolute atomic E-state index is 14.7. The second-order valence-electron chi connectivity index (χ2n) is 11.8. The van der Waals surface area contributed by atoms with Crippen molar-refractivity contribution in [2.24, 2.45) is 5.41 Å². The fourth-order valence-electron chi connectivity index (χ4n) is 6.78. The summed E-state index contributed by atoms with van der Waals surface area (Å²) in [4.78, 5) is 13.2. The van der Waals surface area contributed by atoms with E-state index in [4.69, 9.17) is 9.47 Å². The number of anilines is 1. The molecule has 2 heterocycles. The first-order valence-corrected chi connectivity index (χ1v) is 14.8. The number of piperidine rings is 1. The van der Waals surface area contributed by atoms with Crippen molar-refractivity contribution in [2.45, 2.75) is 76.2 Å². The van der Waals surface area contributed by atoms with Gasteiger partial charge >= 0.3 is 0 Å². The quantitative estimate of drug-likeness (QED) is 0.273. The standard InChI is InChI=1S/C32H44FN3O3/c1-38-31-10-8-24(17-30(31)25-5-3-2-4-6-25)7-9-28(11-14-35-23-37)39-29-19-26(33)18-27(20-29)36-21-32(22-36)12-15-34-16-13-32/h8,10,17-20,23,25,28,34H,2-7,9,11-16,21-22H2,1H3,(H,35,37). The molecule has 0 aromatic heterocycles. The number of halogens is 1. The van der Waals surface area contributed by atoms with Crippen LogP contribution < -0.4 is 25.0 Å². The van der Waals surface area contributed by atoms with E-state index < -0.39 is 0 Å². The van der Waals surface area contributed by atoms with Crippen molar-refractivity contribution < 1.29 is 18.7 Å². The van der Waals surface area contributed by atoms with Crippen molar-refractivity contribution in [3.8, 4) is 11.5 Å². The number of ether oxygens (including phenoxy) is 2. The van der Waals surface area contributed by atoms with Gasteiger partial charge in [0.05, 0.1) is 7.11 Å². The van der Waals surface area contributed by atoms with Crippen molar-refractivity contribution in [1.29, 1.82) is 0 Å². The number of hydrogen-bond acceptors (Lipinski definition) is 5. The monoisotopic (exact) mass is 537 g/mol. The number of rotatable bonds is 12. The summed E-state index contributed by atoms with van der Waals surface area (Å²) in [6.07, 6.45) is 11.6. The molecule has 0 bridgehead atoms. The first-order valence-electron chi connectivity index (χ1n) is 14.8. The molecule has 7 heteroatoms. The Morgan fingerprint density at radius 2 is 1.90 bits per heavy atom. The molecular formula is C32H44FN3O3. The van der Waals surface area contributed by atoms with Crippen LogP contribution in [-0.4, -0.2) is 52.3 Å². The van der Waals surface area contributed by atoms with Crippen molar-refractivity contribution in [2.75, 3.05) is 44.7 Å². The maximum Gasteiger partial charge on any atom is 0.207 e. The Morgan fingerprint density at radius 3 is 2.64 bits per heavy atom. The van der Waals surface area contributed by atoms with E-state index in [1.807, 2.05) is 6.07 Å². The Kier molecular flexibility index (Phi) is 9.28. The van der Waals surface area contributed by atoms with Gasteiger partial charge in [0, 0.05) is 49.3 Å². The predicted molar refractivity (Wildman–Crippen MR) is 153 cm³/mol. The summed E-state index contributed by atoms with van der Waals surface area (Å²) in [6, 6.07) is 11.6. The molecule has 1 saturated carbocycles. The molecule has 2 aromatic carbocycles. The molecule has 2 aliphatic heterocycles. The van der Waals surface area contributed by atoms with Gasteiger partial charge in [0.25, 0.3) is 0 Å². The zero-order valence-corrected chi connectivity index (χ0v) is 23.4. The minimum Gasteiger partial charge on any atom is -0.496 e. The number of nitrogens with one attached hydrogen (secondary N) is 2. The molecule has 1 amide bonds. The zero-order valence-electron chi connectivity index (χ0n) is 23.4. The summed E-state index contributed by atoms with van der Waals surface area (Å²) in [7, 11) is 1.75. The third-order valence-electron chi connectivity index (χ3n) is 9.03. The van der Waals surface area contributed by atoms with Crippen LogP contribution in [-0.2, 0) is 11.2 Å². The zero-order chi connectivity index (χ0) is 27.1. The van der Waals surface area contributed by atoms with Crippen LogP contribution in [0.1, 0.15) is 74.8 Å². The van der Waals surface area contributed by atoms with Gasteiger partial charge in [-0.15, -0.1) is 0 Å². The van der Waals surface area contributed by atoms with E-state index in [2.05, 4.69) is 33.7 Å². The Labute approximate surface area is 232 Å². The summed E-state index contributed by atoms with van der Waals surface area (Å²) >= 11 is 0. The van der Waals surface area contributed by atoms with Crippen LogP contribution in [0.25, 0.3) is 0 Å². The van der Waals surface area contributed by atoms with Crippen molar-refractivity contribution >= 4 is 12.1 Å². The fraction of sp³-hybridized carbons (Fsp3) is 0.594. The maximum atomic E-state index is 14.7. The molecule has 2 N–H and O–H groups in total. The predicted octanol–water partition coefficient (Wildman–Crippen LogP) is 5.59. The highest BCUT2D eigenvalue weighted by Crippen LogP contribution is 2.42. The number of methoxy groups -OCH3 is 1. The van der Waals surface area contributed by atoms with Crippen molar-refractivity contribution in [3.63, 3.8) is 0 Å². The van der Waals surface area contributed by atoms with Crippen LogP contribution in [0, 0.1) is 11.2 Å². The summed E-state index contributed by atoms with van der Waals surface area (Å²) in [5.74, 6) is 1.84. The SMILES string of the molecule is COc1ccc(CCC(CCNC=O)Oc2cc(F)cc(N3CC4(CCNCC4)C3)c2)cc1C1CCCCC1. The molecule has 2 aromatic rings. The molecule has 1 unspecified atom stereocenters. The highest BCUT2D eigenvalue weighted by atomic mass is 19.1. The molecule has 5 rings (SSSR count). The van der Waals surface area contributed by atoms with E-state index in [0.717, 1.165) is 56.9 Å². The van der Waals surface area contributed by atoms with E-state index in [0.29, 0.717) is 30.0 Å². The van der Waals surface area contributed by atoms with E-state index in [1.54, 1.807) is 13.2 Å². The van der Waals surface area contributed by atoms with Gasteiger partial charge in [0.15, 0.2) is 0 Å². The number of aryl methyl sites for hydroxylation is 1. The summed E-state index contributed by atoms with van der Waals surface area (Å²) in [5.41, 5.74) is 3.86. The van der Waals surface area contributed by atoms with Gasteiger partial charge in [0.1, 0.15) is 23.4 Å². The lowest BCUT2D eigenvalue weighted by atomic mass is 9.72. The van der Waals surface area contributed by atoms with Crippen LogP contribution >= 0.6 is 0 Å². The lowest BCUT2D eigenvalue weighted by molar-refractivity contribution is -0.109. The van der Waals surface area contributed by atoms with Gasteiger partial charge in [0.2, 0.25) is 6.41 Å². The lowest BCUT2D eigenvalue weighted by Crippen LogP contribution is -2.60. The highest BCUT2D eigenvalue weighted by Gasteiger charge is 2.43. The largest absolute Gasteiger partial charge is 0.496 e. The molecule has 3 aliphatic rings. The average molecular weight is 538 g/mol. The van der Waals surface area contributed by atoms with Crippen LogP contribution in [0.2, 0.25) is 0 Å². The minimum atomic E-state index is -0.272. The Balaban J connectivity index is 1.25. The molecule has 212 valence electrons. The van der Waals surface area contributed by atoms with Gasteiger partial charge < -0.3 is 25.0 Å². The highest BCUT2D eigenvalue weighted by molar-refractivity contribution is 5.54. The summed E-state index contributed by atoms with van der Waals surface area (Å²) in [6.45, 7) is 4.61. The van der Waals surface area contributed by atoms with Gasteiger partial charge in [-0.2, -0.15) is 0 Å². The third-order valence-corrected chi connectivity index (χ3v) is 9.03. The number of nitrogens with zero attached hydrogens (tertiary/aromatic N) is 1. The molecule has 2 saturated heterocycles. The Morgan fingerprint density at radius 1 is 1.10 bits per heavy atom. The molecule has 1 atom stereocenters. The Hall–Kier alpha value is -2.80. The third kappa shape index (κ3) is 7.05. The van der Waals surface area contributed by atoms with E-state index in [-0.39, 0.29) is 11.9 Å². The van der Waals surface area contributed by atoms with Crippen LogP contribution in [0.15, 0.2) is 36.4 Å². The number of benzene rings is 2. The van der Waals surface area contributed by atoms with Crippen molar-refractivity contribution in [3.05, 3.63) is 53.3 Å². The van der Waals surface area contributed by atoms with Crippen LogP contribution in [0.5, 0.6) is 11.5 Å². The first-order chi connectivity index (χ1) is 19.1. The van der Waals surface area contributed by atoms with Crippen LogP contribution in [0.4, 0.5) is 10.1 Å². The number of hydrogen-bond donors (Lipinski definition) is 2. The lowest BCUT2D eigenvalue weighted by Gasteiger charge is -2.53. The van der Waals surface area contributed by atoms with Gasteiger partial charge in [-0.1, -0.05) is 31.4 Å². The second-order valence-corrected chi connectivity index (χ2v) is 11.8. The number of amides is 1. The normalized spacial score (nSPS) is 19.8. The molecule has 3 fully saturated rings.